The highest BCUT2D eigenvalue weighted by Crippen LogP contribution is 2.47. The first-order chi connectivity index (χ1) is 13.4. The SMILES string of the molecule is CCOc1ccc(-c2ccc(C3(F)C(=COC)CCCC3F)cc2)c(F)c1F. The van der Waals surface area contributed by atoms with Gasteiger partial charge in [-0.1, -0.05) is 24.3 Å². The summed E-state index contributed by atoms with van der Waals surface area (Å²) >= 11 is 0. The van der Waals surface area contributed by atoms with Crippen LogP contribution in [0.15, 0.2) is 48.2 Å². The van der Waals surface area contributed by atoms with Crippen molar-refractivity contribution in [2.75, 3.05) is 13.7 Å². The van der Waals surface area contributed by atoms with Gasteiger partial charge in [-0.2, -0.15) is 4.39 Å². The third kappa shape index (κ3) is 3.48. The van der Waals surface area contributed by atoms with Gasteiger partial charge in [-0.25, -0.2) is 13.2 Å². The lowest BCUT2D eigenvalue weighted by Gasteiger charge is -2.35. The van der Waals surface area contributed by atoms with Crippen molar-refractivity contribution in [3.8, 4) is 16.9 Å². The minimum absolute atomic E-state index is 0.0218. The van der Waals surface area contributed by atoms with Crippen molar-refractivity contribution >= 4 is 0 Å². The molecule has 1 aliphatic rings. The first-order valence-electron chi connectivity index (χ1n) is 9.20. The highest BCUT2D eigenvalue weighted by atomic mass is 19.2. The lowest BCUT2D eigenvalue weighted by atomic mass is 9.76. The Kier molecular flexibility index (Phi) is 5.96. The van der Waals surface area contributed by atoms with Crippen LogP contribution in [-0.2, 0) is 10.4 Å². The van der Waals surface area contributed by atoms with E-state index in [4.69, 9.17) is 9.47 Å². The molecule has 1 aliphatic carbocycles. The number of allylic oxidation sites excluding steroid dienone is 1. The van der Waals surface area contributed by atoms with Crippen molar-refractivity contribution in [3.63, 3.8) is 0 Å². The maximum atomic E-state index is 15.7. The molecule has 1 saturated carbocycles. The molecule has 0 amide bonds. The van der Waals surface area contributed by atoms with Crippen molar-refractivity contribution in [1.82, 2.24) is 0 Å². The lowest BCUT2D eigenvalue weighted by molar-refractivity contribution is 0.0509. The molecule has 0 saturated heterocycles. The zero-order chi connectivity index (χ0) is 20.3. The van der Waals surface area contributed by atoms with E-state index in [1.807, 2.05) is 0 Å². The van der Waals surface area contributed by atoms with Gasteiger partial charge in [0.15, 0.2) is 17.2 Å². The summed E-state index contributed by atoms with van der Waals surface area (Å²) in [6.07, 6.45) is 0.592. The van der Waals surface area contributed by atoms with Crippen LogP contribution in [0.1, 0.15) is 31.7 Å². The highest BCUT2D eigenvalue weighted by Gasteiger charge is 2.47. The van der Waals surface area contributed by atoms with E-state index in [0.29, 0.717) is 18.4 Å². The van der Waals surface area contributed by atoms with Crippen LogP contribution in [-0.4, -0.2) is 19.9 Å². The molecule has 0 N–H and O–H groups in total. The van der Waals surface area contributed by atoms with Gasteiger partial charge in [0.2, 0.25) is 5.82 Å². The zero-order valence-corrected chi connectivity index (χ0v) is 15.8. The molecular formula is C22H22F4O2. The van der Waals surface area contributed by atoms with Gasteiger partial charge in [-0.3, -0.25) is 0 Å². The normalized spacial score (nSPS) is 23.6. The Morgan fingerprint density at radius 2 is 1.82 bits per heavy atom. The third-order valence-corrected chi connectivity index (χ3v) is 5.03. The third-order valence-electron chi connectivity index (χ3n) is 5.03. The summed E-state index contributed by atoms with van der Waals surface area (Å²) in [7, 11) is 1.39. The van der Waals surface area contributed by atoms with E-state index in [1.165, 1.54) is 49.8 Å². The molecule has 2 aromatic rings. The van der Waals surface area contributed by atoms with Gasteiger partial charge < -0.3 is 9.47 Å². The Morgan fingerprint density at radius 3 is 2.46 bits per heavy atom. The number of halogens is 4. The monoisotopic (exact) mass is 394 g/mol. The number of rotatable bonds is 5. The Hall–Kier alpha value is -2.50. The molecule has 3 rings (SSSR count). The number of ether oxygens (including phenoxy) is 2. The largest absolute Gasteiger partial charge is 0.504 e. The van der Waals surface area contributed by atoms with Crippen LogP contribution in [0.3, 0.4) is 0 Å². The maximum Gasteiger partial charge on any atom is 0.201 e. The summed E-state index contributed by atoms with van der Waals surface area (Å²) in [5.74, 6) is -2.29. The van der Waals surface area contributed by atoms with Gasteiger partial charge in [0.1, 0.15) is 6.17 Å². The maximum absolute atomic E-state index is 15.7. The predicted molar refractivity (Wildman–Crippen MR) is 99.6 cm³/mol. The van der Waals surface area contributed by atoms with Crippen molar-refractivity contribution in [1.29, 1.82) is 0 Å². The molecule has 1 fully saturated rings. The molecule has 0 bridgehead atoms. The van der Waals surface area contributed by atoms with Gasteiger partial charge in [0.25, 0.3) is 0 Å². The minimum atomic E-state index is -2.30. The smallest absolute Gasteiger partial charge is 0.201 e. The molecule has 2 atom stereocenters. The molecule has 2 nitrogen and oxygen atoms in total. The van der Waals surface area contributed by atoms with Crippen LogP contribution < -0.4 is 4.74 Å². The second-order valence-electron chi connectivity index (χ2n) is 6.70. The van der Waals surface area contributed by atoms with Crippen LogP contribution in [0, 0.1) is 11.6 Å². The van der Waals surface area contributed by atoms with Crippen LogP contribution in [0.4, 0.5) is 17.6 Å². The number of methoxy groups -OCH3 is 1. The molecule has 0 spiro atoms. The zero-order valence-electron chi connectivity index (χ0n) is 15.8. The van der Waals surface area contributed by atoms with E-state index in [0.717, 1.165) is 0 Å². The van der Waals surface area contributed by atoms with E-state index >= 15 is 4.39 Å². The van der Waals surface area contributed by atoms with Gasteiger partial charge >= 0.3 is 0 Å². The first-order valence-corrected chi connectivity index (χ1v) is 9.20. The van der Waals surface area contributed by atoms with Crippen LogP contribution >= 0.6 is 0 Å². The van der Waals surface area contributed by atoms with E-state index in [1.54, 1.807) is 6.92 Å². The Bertz CT molecular complexity index is 864. The fourth-order valence-electron chi connectivity index (χ4n) is 3.62. The summed E-state index contributed by atoms with van der Waals surface area (Å²) < 4.78 is 68.7. The molecular weight excluding hydrogens is 372 g/mol. The van der Waals surface area contributed by atoms with Crippen molar-refractivity contribution < 1.29 is 27.0 Å². The summed E-state index contributed by atoms with van der Waals surface area (Å²) in [5, 5.41) is 0. The summed E-state index contributed by atoms with van der Waals surface area (Å²) in [5.41, 5.74) is -1.56. The molecule has 0 heterocycles. The molecule has 2 aromatic carbocycles. The Balaban J connectivity index is 1.98. The lowest BCUT2D eigenvalue weighted by Crippen LogP contribution is -2.37. The van der Waals surface area contributed by atoms with Crippen LogP contribution in [0.5, 0.6) is 5.75 Å². The quantitative estimate of drug-likeness (QED) is 0.441. The summed E-state index contributed by atoms with van der Waals surface area (Å²) in [6.45, 7) is 1.89. The molecule has 6 heteroatoms. The molecule has 2 unspecified atom stereocenters. The number of hydrogen-bond donors (Lipinski definition) is 0. The van der Waals surface area contributed by atoms with Gasteiger partial charge in [0, 0.05) is 11.1 Å². The molecule has 0 radical (unpaired) electrons. The van der Waals surface area contributed by atoms with Crippen molar-refractivity contribution in [3.05, 3.63) is 65.4 Å². The molecule has 0 aliphatic heterocycles. The van der Waals surface area contributed by atoms with Crippen LogP contribution in [0.2, 0.25) is 0 Å². The Labute approximate surface area is 161 Å². The van der Waals surface area contributed by atoms with Crippen molar-refractivity contribution in [2.24, 2.45) is 0 Å². The van der Waals surface area contributed by atoms with Crippen LogP contribution in [0.25, 0.3) is 11.1 Å². The topological polar surface area (TPSA) is 18.5 Å². The van der Waals surface area contributed by atoms with E-state index in [2.05, 4.69) is 0 Å². The first kappa shape index (κ1) is 20.2. The fourth-order valence-corrected chi connectivity index (χ4v) is 3.62. The second-order valence-corrected chi connectivity index (χ2v) is 6.70. The fraction of sp³-hybridized carbons (Fsp3) is 0.364. The van der Waals surface area contributed by atoms with E-state index < -0.39 is 23.5 Å². The number of benzene rings is 2. The minimum Gasteiger partial charge on any atom is -0.504 e. The van der Waals surface area contributed by atoms with E-state index in [-0.39, 0.29) is 35.5 Å². The van der Waals surface area contributed by atoms with Gasteiger partial charge in [-0.05, 0) is 49.4 Å². The van der Waals surface area contributed by atoms with Gasteiger partial charge in [-0.15, -0.1) is 0 Å². The highest BCUT2D eigenvalue weighted by molar-refractivity contribution is 5.66. The standard InChI is InChI=1S/C22H22F4O2/c1-3-28-18-12-11-17(20(24)21(18)25)14-7-9-15(10-8-14)22(26)16(13-27-2)5-4-6-19(22)23/h7-13,19H,3-6H2,1-2H3. The Morgan fingerprint density at radius 1 is 1.11 bits per heavy atom. The number of hydrogen-bond acceptors (Lipinski definition) is 2. The average molecular weight is 394 g/mol. The predicted octanol–water partition coefficient (Wildman–Crippen LogP) is 6.25. The van der Waals surface area contributed by atoms with Crippen molar-refractivity contribution in [2.45, 2.75) is 38.0 Å². The number of alkyl halides is 2. The molecule has 28 heavy (non-hydrogen) atoms. The average Bonchev–Trinajstić information content (AvgIpc) is 2.70. The second kappa shape index (κ2) is 8.25. The summed E-state index contributed by atoms with van der Waals surface area (Å²) in [6, 6.07) is 8.48. The summed E-state index contributed by atoms with van der Waals surface area (Å²) in [4.78, 5) is 0. The van der Waals surface area contributed by atoms with E-state index in [9.17, 15) is 13.2 Å². The molecule has 150 valence electrons. The molecule has 0 aromatic heterocycles. The van der Waals surface area contributed by atoms with Gasteiger partial charge in [0.05, 0.1) is 20.0 Å².